The minimum absolute atomic E-state index is 0.344. The van der Waals surface area contributed by atoms with Gasteiger partial charge in [0, 0.05) is 4.43 Å². The van der Waals surface area contributed by atoms with Gasteiger partial charge in [0.2, 0.25) is 0 Å². The van der Waals surface area contributed by atoms with Crippen molar-refractivity contribution in [2.45, 2.75) is 12.6 Å². The molecule has 7 heavy (non-hydrogen) atoms. The normalized spacial score (nSPS) is 14.1. The monoisotopic (exact) mass is 220 g/mol. The Hall–Kier alpha value is 0.590. The summed E-state index contributed by atoms with van der Waals surface area (Å²) < 4.78 is 23.6. The van der Waals surface area contributed by atoms with Crippen LogP contribution in [0.25, 0.3) is 0 Å². The first-order valence-corrected chi connectivity index (χ1v) is 3.59. The average Bonchev–Trinajstić information content (AvgIpc) is 1.68. The Morgan fingerprint density at radius 2 is 2.14 bits per heavy atom. The maximum Gasteiger partial charge on any atom is 0.129 e. The predicted octanol–water partition coefficient (Wildman–Crippen LogP) is 2.12. The van der Waals surface area contributed by atoms with Crippen molar-refractivity contribution >= 4 is 22.6 Å². The zero-order chi connectivity index (χ0) is 5.70. The quantitative estimate of drug-likeness (QED) is 0.504. The molecule has 0 fully saturated rings. The van der Waals surface area contributed by atoms with Crippen LogP contribution in [0.15, 0.2) is 0 Å². The molecule has 0 radical (unpaired) electrons. The molecule has 44 valence electrons. The highest BCUT2D eigenvalue weighted by Crippen LogP contribution is 2.00. The second-order valence-electron chi connectivity index (χ2n) is 1.23. The van der Waals surface area contributed by atoms with Crippen LogP contribution in [-0.2, 0) is 0 Å². The third kappa shape index (κ3) is 4.44. The lowest BCUT2D eigenvalue weighted by Crippen LogP contribution is -2.01. The molecule has 0 saturated heterocycles. The van der Waals surface area contributed by atoms with Crippen molar-refractivity contribution in [3.8, 4) is 0 Å². The van der Waals surface area contributed by atoms with Crippen LogP contribution in [0.4, 0.5) is 8.78 Å². The van der Waals surface area contributed by atoms with Gasteiger partial charge in [-0.1, -0.05) is 22.6 Å². The minimum atomic E-state index is -1.23. The van der Waals surface area contributed by atoms with E-state index >= 15 is 0 Å². The van der Waals surface area contributed by atoms with E-state index in [1.54, 1.807) is 0 Å². The fraction of sp³-hybridized carbons (Fsp3) is 1.00. The van der Waals surface area contributed by atoms with Gasteiger partial charge in [-0.3, -0.25) is 0 Å². The van der Waals surface area contributed by atoms with Crippen LogP contribution in [-0.4, -0.2) is 17.3 Å². The second-order valence-corrected chi connectivity index (χ2v) is 2.31. The molecule has 0 aromatic heterocycles. The minimum Gasteiger partial charge on any atom is -0.248 e. The van der Waals surface area contributed by atoms with Crippen molar-refractivity contribution in [2.75, 3.05) is 11.1 Å². The zero-order valence-corrected chi connectivity index (χ0v) is 5.99. The molecule has 0 nitrogen and oxygen atoms in total. The maximum atomic E-state index is 11.8. The van der Waals surface area contributed by atoms with E-state index in [2.05, 4.69) is 0 Å². The Morgan fingerprint density at radius 1 is 1.57 bits per heavy atom. The smallest absolute Gasteiger partial charge is 0.129 e. The largest absolute Gasteiger partial charge is 0.248 e. The Bertz CT molecular complexity index is 40.7. The third-order valence-corrected chi connectivity index (χ3v) is 1.21. The molecule has 0 heterocycles. The topological polar surface area (TPSA) is 0 Å². The van der Waals surface area contributed by atoms with Crippen molar-refractivity contribution in [3.05, 3.63) is 0 Å². The molecular weight excluding hydrogens is 213 g/mol. The molecule has 0 bridgehead atoms. The fourth-order valence-electron chi connectivity index (χ4n) is 0.196. The van der Waals surface area contributed by atoms with Crippen LogP contribution in [0.1, 0.15) is 6.42 Å². The van der Waals surface area contributed by atoms with E-state index in [1.807, 2.05) is 22.6 Å². The van der Waals surface area contributed by atoms with Crippen LogP contribution in [0, 0.1) is 0 Å². The summed E-state index contributed by atoms with van der Waals surface area (Å²) in [7, 11) is 0. The van der Waals surface area contributed by atoms with E-state index < -0.39 is 12.8 Å². The molecule has 0 aliphatic heterocycles. The molecule has 0 aromatic rings. The summed E-state index contributed by atoms with van der Waals surface area (Å²) in [4.78, 5) is 0. The van der Waals surface area contributed by atoms with E-state index in [0.717, 1.165) is 0 Å². The first-order valence-electron chi connectivity index (χ1n) is 2.07. The van der Waals surface area contributed by atoms with Gasteiger partial charge in [-0.2, -0.15) is 0 Å². The van der Waals surface area contributed by atoms with E-state index in [1.165, 1.54) is 0 Å². The van der Waals surface area contributed by atoms with Crippen LogP contribution >= 0.6 is 22.6 Å². The molecule has 0 aromatic carbocycles. The van der Waals surface area contributed by atoms with Gasteiger partial charge in [0.15, 0.2) is 0 Å². The van der Waals surface area contributed by atoms with Crippen LogP contribution in [0.5, 0.6) is 0 Å². The third-order valence-electron chi connectivity index (χ3n) is 0.590. The molecule has 3 heteroatoms. The predicted molar refractivity (Wildman–Crippen MR) is 34.4 cm³/mol. The molecule has 1 unspecified atom stereocenters. The number of hydrogen-bond donors (Lipinski definition) is 0. The summed E-state index contributed by atoms with van der Waals surface area (Å²) >= 11 is 2.02. The van der Waals surface area contributed by atoms with Gasteiger partial charge < -0.3 is 0 Å². The fourth-order valence-corrected chi connectivity index (χ4v) is 0.871. The van der Waals surface area contributed by atoms with Gasteiger partial charge >= 0.3 is 0 Å². The van der Waals surface area contributed by atoms with E-state index in [-0.39, 0.29) is 0 Å². The molecule has 0 spiro atoms. The number of halogens is 3. The number of hydrogen-bond acceptors (Lipinski definition) is 0. The van der Waals surface area contributed by atoms with Gasteiger partial charge in [-0.25, -0.2) is 8.78 Å². The maximum absolute atomic E-state index is 11.8. The average molecular weight is 220 g/mol. The van der Waals surface area contributed by atoms with Crippen LogP contribution in [0.2, 0.25) is 0 Å². The molecule has 0 rings (SSSR count). The summed E-state index contributed by atoms with van der Waals surface area (Å²) in [6.45, 7) is -0.830. The van der Waals surface area contributed by atoms with Crippen LogP contribution < -0.4 is 0 Å². The summed E-state index contributed by atoms with van der Waals surface area (Å²) in [5, 5.41) is 0. The van der Waals surface area contributed by atoms with Gasteiger partial charge in [-0.15, -0.1) is 0 Å². The van der Waals surface area contributed by atoms with E-state index in [9.17, 15) is 8.78 Å². The molecule has 0 N–H and O–H groups in total. The Kier molecular flexibility index (Phi) is 5.14. The van der Waals surface area contributed by atoms with Crippen molar-refractivity contribution < 1.29 is 8.78 Å². The Balaban J connectivity index is 2.83. The molecule has 0 aliphatic rings. The summed E-state index contributed by atoms with van der Waals surface area (Å²) in [6, 6.07) is 0. The lowest BCUT2D eigenvalue weighted by atomic mass is 10.3. The standard InChI is InChI=1S/C4H7F2I/c5-3-4(6)1-2-7/h4H,1-3H2. The van der Waals surface area contributed by atoms with Gasteiger partial charge in [-0.05, 0) is 6.42 Å². The first kappa shape index (κ1) is 7.59. The summed E-state index contributed by atoms with van der Waals surface area (Å²) in [5.41, 5.74) is 0. The number of rotatable bonds is 3. The molecular formula is C4H7F2I. The zero-order valence-electron chi connectivity index (χ0n) is 3.83. The van der Waals surface area contributed by atoms with Gasteiger partial charge in [0.05, 0.1) is 0 Å². The molecule has 0 amide bonds. The summed E-state index contributed by atoms with van der Waals surface area (Å²) in [5.74, 6) is 0. The Morgan fingerprint density at radius 3 is 2.29 bits per heavy atom. The molecule has 0 aliphatic carbocycles. The van der Waals surface area contributed by atoms with Crippen molar-refractivity contribution in [3.63, 3.8) is 0 Å². The molecule has 1 atom stereocenters. The van der Waals surface area contributed by atoms with Crippen molar-refractivity contribution in [1.82, 2.24) is 0 Å². The first-order chi connectivity index (χ1) is 3.31. The summed E-state index contributed by atoms with van der Waals surface area (Å²) in [6.07, 6.45) is -0.881. The van der Waals surface area contributed by atoms with Crippen molar-refractivity contribution in [2.24, 2.45) is 0 Å². The highest BCUT2D eigenvalue weighted by Gasteiger charge is 2.01. The number of alkyl halides is 3. The highest BCUT2D eigenvalue weighted by molar-refractivity contribution is 14.1. The second kappa shape index (κ2) is 4.74. The van der Waals surface area contributed by atoms with Crippen LogP contribution in [0.3, 0.4) is 0 Å². The lowest BCUT2D eigenvalue weighted by Gasteiger charge is -1.95. The highest BCUT2D eigenvalue weighted by atomic mass is 127. The SMILES string of the molecule is FCC(F)CCI. The lowest BCUT2D eigenvalue weighted by molar-refractivity contribution is 0.257. The van der Waals surface area contributed by atoms with E-state index in [0.29, 0.717) is 10.8 Å². The van der Waals surface area contributed by atoms with Gasteiger partial charge in [0.25, 0.3) is 0 Å². The van der Waals surface area contributed by atoms with Crippen molar-refractivity contribution in [1.29, 1.82) is 0 Å². The molecule has 0 saturated carbocycles. The Labute approximate surface area is 55.4 Å². The van der Waals surface area contributed by atoms with E-state index in [4.69, 9.17) is 0 Å². The van der Waals surface area contributed by atoms with Gasteiger partial charge in [0.1, 0.15) is 12.8 Å².